The molecule has 18 heavy (non-hydrogen) atoms. The van der Waals surface area contributed by atoms with Gasteiger partial charge in [-0.25, -0.2) is 4.79 Å². The summed E-state index contributed by atoms with van der Waals surface area (Å²) in [6.07, 6.45) is 2.17. The topological polar surface area (TPSA) is 52.3 Å². The summed E-state index contributed by atoms with van der Waals surface area (Å²) in [7, 11) is 0. The van der Waals surface area contributed by atoms with Crippen LogP contribution in [0.2, 0.25) is 0 Å². The number of carbonyl (C=O) groups is 1. The largest absolute Gasteiger partial charge is 0.462 e. The molecule has 0 aliphatic rings. The van der Waals surface area contributed by atoms with E-state index < -0.39 is 0 Å². The molecule has 100 valence electrons. The van der Waals surface area contributed by atoms with Gasteiger partial charge < -0.3 is 10.5 Å². The molecule has 0 saturated heterocycles. The summed E-state index contributed by atoms with van der Waals surface area (Å²) in [4.78, 5) is 12.0. The van der Waals surface area contributed by atoms with Crippen molar-refractivity contribution in [2.45, 2.75) is 40.5 Å². The van der Waals surface area contributed by atoms with Crippen molar-refractivity contribution in [2.24, 2.45) is 5.92 Å². The standard InChI is InChI=1S/C15H23NO2/c1-5-6-10(2)9-18-15(17)13-8-11(3)7-12(4)14(13)16/h7-8,10H,5-6,9,16H2,1-4H3. The Morgan fingerprint density at radius 3 is 2.67 bits per heavy atom. The minimum atomic E-state index is -0.317. The van der Waals surface area contributed by atoms with Crippen molar-refractivity contribution in [2.75, 3.05) is 12.3 Å². The lowest BCUT2D eigenvalue weighted by molar-refractivity contribution is 0.0444. The molecule has 0 saturated carbocycles. The highest BCUT2D eigenvalue weighted by atomic mass is 16.5. The van der Waals surface area contributed by atoms with Crippen LogP contribution >= 0.6 is 0 Å². The fourth-order valence-electron chi connectivity index (χ4n) is 2.02. The number of anilines is 1. The van der Waals surface area contributed by atoms with E-state index in [1.54, 1.807) is 6.07 Å². The average Bonchev–Trinajstić information content (AvgIpc) is 2.31. The zero-order chi connectivity index (χ0) is 13.7. The number of hydrogen-bond acceptors (Lipinski definition) is 3. The monoisotopic (exact) mass is 249 g/mol. The summed E-state index contributed by atoms with van der Waals surface area (Å²) in [5, 5.41) is 0. The second-order valence-corrected chi connectivity index (χ2v) is 5.04. The highest BCUT2D eigenvalue weighted by Gasteiger charge is 2.14. The van der Waals surface area contributed by atoms with Crippen molar-refractivity contribution in [3.05, 3.63) is 28.8 Å². The number of esters is 1. The molecule has 1 atom stereocenters. The van der Waals surface area contributed by atoms with Gasteiger partial charge in [0.05, 0.1) is 12.2 Å². The maximum atomic E-state index is 12.0. The first-order valence-corrected chi connectivity index (χ1v) is 6.49. The number of ether oxygens (including phenoxy) is 1. The van der Waals surface area contributed by atoms with E-state index in [4.69, 9.17) is 10.5 Å². The van der Waals surface area contributed by atoms with Crippen molar-refractivity contribution >= 4 is 11.7 Å². The SMILES string of the molecule is CCCC(C)COC(=O)c1cc(C)cc(C)c1N. The molecule has 1 unspecified atom stereocenters. The Morgan fingerprint density at radius 2 is 2.06 bits per heavy atom. The van der Waals surface area contributed by atoms with Gasteiger partial charge in [-0.2, -0.15) is 0 Å². The quantitative estimate of drug-likeness (QED) is 0.642. The first-order chi connectivity index (χ1) is 8.45. The maximum absolute atomic E-state index is 12.0. The fraction of sp³-hybridized carbons (Fsp3) is 0.533. The molecular weight excluding hydrogens is 226 g/mol. The van der Waals surface area contributed by atoms with Gasteiger partial charge >= 0.3 is 5.97 Å². The molecule has 0 fully saturated rings. The van der Waals surface area contributed by atoms with Gasteiger partial charge in [0.25, 0.3) is 0 Å². The van der Waals surface area contributed by atoms with Gasteiger partial charge in [-0.3, -0.25) is 0 Å². The van der Waals surface area contributed by atoms with E-state index >= 15 is 0 Å². The van der Waals surface area contributed by atoms with Gasteiger partial charge in [0.2, 0.25) is 0 Å². The van der Waals surface area contributed by atoms with E-state index in [9.17, 15) is 4.79 Å². The van der Waals surface area contributed by atoms with E-state index in [2.05, 4.69) is 13.8 Å². The van der Waals surface area contributed by atoms with Gasteiger partial charge in [0.1, 0.15) is 0 Å². The molecule has 0 radical (unpaired) electrons. The van der Waals surface area contributed by atoms with Crippen LogP contribution in [0, 0.1) is 19.8 Å². The van der Waals surface area contributed by atoms with E-state index in [1.807, 2.05) is 19.9 Å². The highest BCUT2D eigenvalue weighted by Crippen LogP contribution is 2.20. The maximum Gasteiger partial charge on any atom is 0.340 e. The van der Waals surface area contributed by atoms with Crippen LogP contribution in [-0.4, -0.2) is 12.6 Å². The lowest BCUT2D eigenvalue weighted by atomic mass is 10.0. The minimum absolute atomic E-state index is 0.317. The van der Waals surface area contributed by atoms with Crippen molar-refractivity contribution in [1.29, 1.82) is 0 Å². The van der Waals surface area contributed by atoms with Crippen LogP contribution in [0.1, 0.15) is 48.2 Å². The van der Waals surface area contributed by atoms with E-state index in [0.717, 1.165) is 24.0 Å². The number of nitrogens with two attached hydrogens (primary N) is 1. The van der Waals surface area contributed by atoms with Crippen LogP contribution in [0.5, 0.6) is 0 Å². The molecule has 0 amide bonds. The lowest BCUT2D eigenvalue weighted by Gasteiger charge is -2.13. The molecule has 3 nitrogen and oxygen atoms in total. The van der Waals surface area contributed by atoms with Crippen LogP contribution in [0.3, 0.4) is 0 Å². The molecule has 3 heteroatoms. The lowest BCUT2D eigenvalue weighted by Crippen LogP contribution is -2.14. The molecule has 0 spiro atoms. The predicted octanol–water partition coefficient (Wildman–Crippen LogP) is 3.48. The summed E-state index contributed by atoms with van der Waals surface area (Å²) in [5.41, 5.74) is 8.86. The van der Waals surface area contributed by atoms with E-state index in [0.29, 0.717) is 23.8 Å². The smallest absolute Gasteiger partial charge is 0.340 e. The zero-order valence-electron chi connectivity index (χ0n) is 11.7. The Balaban J connectivity index is 2.73. The molecule has 0 heterocycles. The summed E-state index contributed by atoms with van der Waals surface area (Å²) < 4.78 is 5.31. The molecule has 1 aromatic carbocycles. The highest BCUT2D eigenvalue weighted by molar-refractivity contribution is 5.96. The van der Waals surface area contributed by atoms with Gasteiger partial charge in [0, 0.05) is 5.69 Å². The molecule has 0 bridgehead atoms. The second-order valence-electron chi connectivity index (χ2n) is 5.04. The van der Waals surface area contributed by atoms with Crippen molar-refractivity contribution in [1.82, 2.24) is 0 Å². The number of carbonyl (C=O) groups excluding carboxylic acids is 1. The third-order valence-corrected chi connectivity index (χ3v) is 3.03. The van der Waals surface area contributed by atoms with Crippen LogP contribution in [0.15, 0.2) is 12.1 Å². The number of aryl methyl sites for hydroxylation is 2. The van der Waals surface area contributed by atoms with Crippen LogP contribution in [0.25, 0.3) is 0 Å². The molecule has 0 aliphatic heterocycles. The Kier molecular flexibility index (Phi) is 5.20. The van der Waals surface area contributed by atoms with Crippen molar-refractivity contribution in [3.8, 4) is 0 Å². The third-order valence-electron chi connectivity index (χ3n) is 3.03. The van der Waals surface area contributed by atoms with Crippen LogP contribution < -0.4 is 5.73 Å². The first kappa shape index (κ1) is 14.6. The van der Waals surface area contributed by atoms with Crippen molar-refractivity contribution in [3.63, 3.8) is 0 Å². The first-order valence-electron chi connectivity index (χ1n) is 6.49. The summed E-state index contributed by atoms with van der Waals surface area (Å²) in [6, 6.07) is 3.75. The molecule has 0 aromatic heterocycles. The number of nitrogen functional groups attached to an aromatic ring is 1. The van der Waals surface area contributed by atoms with E-state index in [1.165, 1.54) is 0 Å². The Morgan fingerprint density at radius 1 is 1.39 bits per heavy atom. The van der Waals surface area contributed by atoms with Crippen LogP contribution in [0.4, 0.5) is 5.69 Å². The number of benzene rings is 1. The fourth-order valence-corrected chi connectivity index (χ4v) is 2.02. The summed E-state index contributed by atoms with van der Waals surface area (Å²) in [5.74, 6) is 0.0772. The predicted molar refractivity (Wildman–Crippen MR) is 74.7 cm³/mol. The van der Waals surface area contributed by atoms with E-state index in [-0.39, 0.29) is 5.97 Å². The molecule has 2 N–H and O–H groups in total. The summed E-state index contributed by atoms with van der Waals surface area (Å²) >= 11 is 0. The third kappa shape index (κ3) is 3.76. The zero-order valence-corrected chi connectivity index (χ0v) is 11.7. The molecule has 0 aliphatic carbocycles. The Labute approximate surface area is 109 Å². The number of rotatable bonds is 5. The summed E-state index contributed by atoms with van der Waals surface area (Å²) in [6.45, 7) is 8.52. The van der Waals surface area contributed by atoms with Gasteiger partial charge in [0.15, 0.2) is 0 Å². The second kappa shape index (κ2) is 6.43. The molecular formula is C15H23NO2. The van der Waals surface area contributed by atoms with Gasteiger partial charge in [-0.05, 0) is 43.4 Å². The van der Waals surface area contributed by atoms with Crippen LogP contribution in [-0.2, 0) is 4.74 Å². The average molecular weight is 249 g/mol. The Hall–Kier alpha value is -1.51. The minimum Gasteiger partial charge on any atom is -0.462 e. The normalized spacial score (nSPS) is 12.2. The molecule has 1 aromatic rings. The Bertz CT molecular complexity index is 427. The van der Waals surface area contributed by atoms with Crippen molar-refractivity contribution < 1.29 is 9.53 Å². The number of hydrogen-bond donors (Lipinski definition) is 1. The molecule has 1 rings (SSSR count). The van der Waals surface area contributed by atoms with Gasteiger partial charge in [-0.1, -0.05) is 26.3 Å². The van der Waals surface area contributed by atoms with Gasteiger partial charge in [-0.15, -0.1) is 0 Å².